The maximum atomic E-state index is 2.41. The van der Waals surface area contributed by atoms with Gasteiger partial charge in [-0.05, 0) is 31.6 Å². The molecule has 0 aromatic rings. The third-order valence-electron chi connectivity index (χ3n) is 4.16. The smallest absolute Gasteiger partial charge is 0.0351 e. The van der Waals surface area contributed by atoms with Gasteiger partial charge in [-0.1, -0.05) is 90.7 Å². The predicted molar refractivity (Wildman–Crippen MR) is 89.7 cm³/mol. The Bertz CT molecular complexity index is 180. The highest BCUT2D eigenvalue weighted by Gasteiger charge is 1.97. The Morgan fingerprint density at radius 1 is 0.684 bits per heavy atom. The van der Waals surface area contributed by atoms with E-state index in [-0.39, 0.29) is 0 Å². The Morgan fingerprint density at radius 2 is 1.21 bits per heavy atom. The molecular formula is C19H38. The lowest BCUT2D eigenvalue weighted by molar-refractivity contribution is 0.479. The van der Waals surface area contributed by atoms with Crippen molar-refractivity contribution < 1.29 is 0 Å². The van der Waals surface area contributed by atoms with Crippen LogP contribution in [0.4, 0.5) is 0 Å². The number of hydrogen-bond donors (Lipinski definition) is 0. The first kappa shape index (κ1) is 18.7. The van der Waals surface area contributed by atoms with Gasteiger partial charge in [0.1, 0.15) is 0 Å². The molecule has 0 radical (unpaired) electrons. The van der Waals surface area contributed by atoms with E-state index in [0.29, 0.717) is 0 Å². The zero-order valence-corrected chi connectivity index (χ0v) is 13.9. The molecule has 0 aromatic heterocycles. The van der Waals surface area contributed by atoms with Crippen molar-refractivity contribution in [2.45, 2.75) is 104 Å². The predicted octanol–water partition coefficient (Wildman–Crippen LogP) is 7.29. The van der Waals surface area contributed by atoms with Gasteiger partial charge >= 0.3 is 0 Å². The summed E-state index contributed by atoms with van der Waals surface area (Å²) in [6.07, 6.45) is 22.9. The van der Waals surface area contributed by atoms with E-state index in [1.54, 1.807) is 0 Å². The molecule has 0 heteroatoms. The molecule has 19 heavy (non-hydrogen) atoms. The first-order chi connectivity index (χ1) is 9.31. The Labute approximate surface area is 123 Å². The molecule has 0 bridgehead atoms. The van der Waals surface area contributed by atoms with Crippen molar-refractivity contribution >= 4 is 0 Å². The first-order valence-electron chi connectivity index (χ1n) is 8.96. The van der Waals surface area contributed by atoms with Crippen molar-refractivity contribution in [1.29, 1.82) is 0 Å². The van der Waals surface area contributed by atoms with E-state index >= 15 is 0 Å². The largest absolute Gasteiger partial charge is 0.0885 e. The van der Waals surface area contributed by atoms with Crippen molar-refractivity contribution in [1.82, 2.24) is 0 Å². The van der Waals surface area contributed by atoms with Crippen molar-refractivity contribution in [2.75, 3.05) is 0 Å². The van der Waals surface area contributed by atoms with Crippen LogP contribution in [0.1, 0.15) is 104 Å². The highest BCUT2D eigenvalue weighted by molar-refractivity contribution is 4.81. The normalized spacial score (nSPS) is 13.2. The van der Waals surface area contributed by atoms with E-state index in [9.17, 15) is 0 Å². The summed E-state index contributed by atoms with van der Waals surface area (Å²) >= 11 is 0. The summed E-state index contributed by atoms with van der Waals surface area (Å²) in [5, 5.41) is 0. The summed E-state index contributed by atoms with van der Waals surface area (Å²) in [5.74, 6) is 0.934. The van der Waals surface area contributed by atoms with Crippen LogP contribution in [0.25, 0.3) is 0 Å². The molecule has 0 aliphatic rings. The van der Waals surface area contributed by atoms with E-state index in [1.165, 1.54) is 83.5 Å². The molecular weight excluding hydrogens is 228 g/mol. The topological polar surface area (TPSA) is 0 Å². The summed E-state index contributed by atoms with van der Waals surface area (Å²) in [6.45, 7) is 6.96. The van der Waals surface area contributed by atoms with Gasteiger partial charge in [0, 0.05) is 0 Å². The van der Waals surface area contributed by atoms with Crippen LogP contribution in [0.15, 0.2) is 12.2 Å². The van der Waals surface area contributed by atoms with Crippen molar-refractivity contribution in [3.8, 4) is 0 Å². The van der Waals surface area contributed by atoms with Gasteiger partial charge in [0.15, 0.2) is 0 Å². The standard InChI is InChI=1S/C19H38/c1-4-6-7-8-9-10-11-12-13-14-15-16-17-18-19(3)5-2/h12-13,19H,4-11,14-18H2,1-3H3/b13-12-. The van der Waals surface area contributed by atoms with E-state index in [0.717, 1.165) is 5.92 Å². The van der Waals surface area contributed by atoms with E-state index in [4.69, 9.17) is 0 Å². The highest BCUT2D eigenvalue weighted by Crippen LogP contribution is 2.13. The molecule has 0 fully saturated rings. The van der Waals surface area contributed by atoms with Crippen LogP contribution >= 0.6 is 0 Å². The van der Waals surface area contributed by atoms with Crippen LogP contribution in [-0.2, 0) is 0 Å². The van der Waals surface area contributed by atoms with Gasteiger partial charge in [0.2, 0.25) is 0 Å². The molecule has 0 aromatic carbocycles. The molecule has 0 aliphatic heterocycles. The van der Waals surface area contributed by atoms with Gasteiger partial charge < -0.3 is 0 Å². The summed E-state index contributed by atoms with van der Waals surface area (Å²) in [4.78, 5) is 0. The zero-order chi connectivity index (χ0) is 14.2. The average Bonchev–Trinajstić information content (AvgIpc) is 2.43. The SMILES string of the molecule is CCCCCCCC/C=C\CCCCCC(C)CC. The number of hydrogen-bond acceptors (Lipinski definition) is 0. The van der Waals surface area contributed by atoms with E-state index in [2.05, 4.69) is 32.9 Å². The minimum absolute atomic E-state index is 0.934. The summed E-state index contributed by atoms with van der Waals surface area (Å²) in [7, 11) is 0. The summed E-state index contributed by atoms with van der Waals surface area (Å²) < 4.78 is 0. The molecule has 0 amide bonds. The van der Waals surface area contributed by atoms with Gasteiger partial charge in [0.05, 0.1) is 0 Å². The summed E-state index contributed by atoms with van der Waals surface area (Å²) in [6, 6.07) is 0. The third kappa shape index (κ3) is 15.7. The Morgan fingerprint density at radius 3 is 1.79 bits per heavy atom. The molecule has 0 saturated carbocycles. The monoisotopic (exact) mass is 266 g/mol. The molecule has 1 unspecified atom stereocenters. The minimum atomic E-state index is 0.934. The van der Waals surface area contributed by atoms with Gasteiger partial charge in [-0.2, -0.15) is 0 Å². The van der Waals surface area contributed by atoms with E-state index < -0.39 is 0 Å². The van der Waals surface area contributed by atoms with Crippen molar-refractivity contribution in [3.63, 3.8) is 0 Å². The molecule has 1 atom stereocenters. The van der Waals surface area contributed by atoms with Crippen molar-refractivity contribution in [2.24, 2.45) is 5.92 Å². The van der Waals surface area contributed by atoms with Crippen molar-refractivity contribution in [3.05, 3.63) is 12.2 Å². The highest BCUT2D eigenvalue weighted by atomic mass is 14.0. The lowest BCUT2D eigenvalue weighted by Crippen LogP contribution is -1.91. The summed E-state index contributed by atoms with van der Waals surface area (Å²) in [5.41, 5.74) is 0. The molecule has 0 spiro atoms. The second-order valence-electron chi connectivity index (χ2n) is 6.18. The van der Waals surface area contributed by atoms with Crippen LogP contribution in [0.5, 0.6) is 0 Å². The second-order valence-corrected chi connectivity index (χ2v) is 6.18. The lowest BCUT2D eigenvalue weighted by atomic mass is 10.0. The molecule has 0 rings (SSSR count). The molecule has 0 nitrogen and oxygen atoms in total. The maximum Gasteiger partial charge on any atom is -0.0351 e. The molecule has 114 valence electrons. The number of allylic oxidation sites excluding steroid dienone is 2. The average molecular weight is 267 g/mol. The Balaban J connectivity index is 3.09. The molecule has 0 N–H and O–H groups in total. The van der Waals surface area contributed by atoms with E-state index in [1.807, 2.05) is 0 Å². The van der Waals surface area contributed by atoms with Crippen LogP contribution in [0.2, 0.25) is 0 Å². The third-order valence-corrected chi connectivity index (χ3v) is 4.16. The number of rotatable bonds is 14. The van der Waals surface area contributed by atoms with Crippen LogP contribution in [0.3, 0.4) is 0 Å². The number of unbranched alkanes of at least 4 members (excludes halogenated alkanes) is 9. The fourth-order valence-corrected chi connectivity index (χ4v) is 2.41. The quantitative estimate of drug-likeness (QED) is 0.229. The Hall–Kier alpha value is -0.260. The van der Waals surface area contributed by atoms with Crippen LogP contribution < -0.4 is 0 Å². The fourth-order valence-electron chi connectivity index (χ4n) is 2.41. The molecule has 0 aliphatic carbocycles. The van der Waals surface area contributed by atoms with Crippen LogP contribution in [-0.4, -0.2) is 0 Å². The fraction of sp³-hybridized carbons (Fsp3) is 0.895. The second kappa shape index (κ2) is 15.8. The first-order valence-corrected chi connectivity index (χ1v) is 8.96. The van der Waals surface area contributed by atoms with Gasteiger partial charge in [-0.15, -0.1) is 0 Å². The van der Waals surface area contributed by atoms with Crippen LogP contribution in [0, 0.1) is 5.92 Å². The van der Waals surface area contributed by atoms with Gasteiger partial charge in [0.25, 0.3) is 0 Å². The minimum Gasteiger partial charge on any atom is -0.0885 e. The Kier molecular flexibility index (Phi) is 15.6. The molecule has 0 heterocycles. The zero-order valence-electron chi connectivity index (χ0n) is 13.9. The maximum absolute atomic E-state index is 2.41. The molecule has 0 saturated heterocycles. The lowest BCUT2D eigenvalue weighted by Gasteiger charge is -2.06. The van der Waals surface area contributed by atoms with Gasteiger partial charge in [-0.3, -0.25) is 0 Å². The van der Waals surface area contributed by atoms with Gasteiger partial charge in [-0.25, -0.2) is 0 Å².